The van der Waals surface area contributed by atoms with E-state index in [2.05, 4.69) is 18.8 Å². The molecule has 1 heterocycles. The summed E-state index contributed by atoms with van der Waals surface area (Å²) in [6, 6.07) is 1.95. The number of aromatic nitrogens is 1. The molecule has 0 saturated heterocycles. The third-order valence-electron chi connectivity index (χ3n) is 2.27. The van der Waals surface area contributed by atoms with Crippen LogP contribution in [0.5, 0.6) is 0 Å². The van der Waals surface area contributed by atoms with Crippen molar-refractivity contribution < 1.29 is 0 Å². The normalized spacial score (nSPS) is 13.2. The molecule has 1 nitrogen and oxygen atoms in total. The van der Waals surface area contributed by atoms with Crippen molar-refractivity contribution in [2.45, 2.75) is 32.1 Å². The number of nitrogens with zero attached hydrogens (tertiary/aromatic N) is 1. The molecule has 0 aromatic carbocycles. The van der Waals surface area contributed by atoms with E-state index < -0.39 is 0 Å². The Bertz CT molecular complexity index is 286. The van der Waals surface area contributed by atoms with E-state index in [1.807, 2.05) is 6.07 Å². The standard InChI is InChI=1S/C11H15Cl2N/c1-8(2)10(12)4-3-9-5-6-14-7-11(9)13/h5-8,10H,3-4H2,1-2H3. The van der Waals surface area contributed by atoms with Gasteiger partial charge in [0, 0.05) is 17.8 Å². The highest BCUT2D eigenvalue weighted by atomic mass is 35.5. The van der Waals surface area contributed by atoms with Crippen LogP contribution in [0.2, 0.25) is 5.02 Å². The van der Waals surface area contributed by atoms with Gasteiger partial charge in [-0.2, -0.15) is 0 Å². The van der Waals surface area contributed by atoms with Crippen LogP contribution in [0.4, 0.5) is 0 Å². The Morgan fingerprint density at radius 3 is 2.71 bits per heavy atom. The summed E-state index contributed by atoms with van der Waals surface area (Å²) in [5.41, 5.74) is 1.13. The third kappa shape index (κ3) is 3.47. The highest BCUT2D eigenvalue weighted by molar-refractivity contribution is 6.31. The number of halogens is 2. The summed E-state index contributed by atoms with van der Waals surface area (Å²) in [5, 5.41) is 0.958. The van der Waals surface area contributed by atoms with Crippen molar-refractivity contribution in [3.05, 3.63) is 29.0 Å². The minimum Gasteiger partial charge on any atom is -0.263 e. The lowest BCUT2D eigenvalue weighted by Gasteiger charge is -2.13. The zero-order valence-corrected chi connectivity index (χ0v) is 10.0. The van der Waals surface area contributed by atoms with E-state index in [-0.39, 0.29) is 5.38 Å². The van der Waals surface area contributed by atoms with E-state index in [1.54, 1.807) is 12.4 Å². The fourth-order valence-electron chi connectivity index (χ4n) is 1.23. The monoisotopic (exact) mass is 231 g/mol. The molecule has 0 aliphatic heterocycles. The molecule has 0 fully saturated rings. The quantitative estimate of drug-likeness (QED) is 0.716. The molecule has 0 amide bonds. The van der Waals surface area contributed by atoms with E-state index in [9.17, 15) is 0 Å². The molecule has 0 aliphatic rings. The summed E-state index contributed by atoms with van der Waals surface area (Å²) in [5.74, 6) is 0.511. The molecular formula is C11H15Cl2N. The van der Waals surface area contributed by atoms with Crippen molar-refractivity contribution in [2.24, 2.45) is 5.92 Å². The van der Waals surface area contributed by atoms with E-state index in [0.717, 1.165) is 23.4 Å². The van der Waals surface area contributed by atoms with Crippen LogP contribution in [0.25, 0.3) is 0 Å². The predicted octanol–water partition coefficient (Wildman–Crippen LogP) is 3.93. The Labute approximate surface area is 95.4 Å². The molecule has 3 heteroatoms. The van der Waals surface area contributed by atoms with Gasteiger partial charge in [0.05, 0.1) is 5.02 Å². The van der Waals surface area contributed by atoms with Crippen molar-refractivity contribution in [3.63, 3.8) is 0 Å². The zero-order valence-electron chi connectivity index (χ0n) is 8.50. The third-order valence-corrected chi connectivity index (χ3v) is 3.33. The maximum Gasteiger partial charge on any atom is 0.0621 e. The minimum absolute atomic E-state index is 0.222. The van der Waals surface area contributed by atoms with Gasteiger partial charge in [0.25, 0.3) is 0 Å². The van der Waals surface area contributed by atoms with Gasteiger partial charge >= 0.3 is 0 Å². The van der Waals surface area contributed by atoms with E-state index in [4.69, 9.17) is 23.2 Å². The number of rotatable bonds is 4. The lowest BCUT2D eigenvalue weighted by Crippen LogP contribution is -2.08. The second-order valence-electron chi connectivity index (χ2n) is 3.77. The van der Waals surface area contributed by atoms with Gasteiger partial charge in [-0.3, -0.25) is 4.98 Å². The zero-order chi connectivity index (χ0) is 10.6. The highest BCUT2D eigenvalue weighted by Crippen LogP contribution is 2.20. The molecule has 0 spiro atoms. The number of pyridine rings is 1. The van der Waals surface area contributed by atoms with Gasteiger partial charge in [-0.25, -0.2) is 0 Å². The van der Waals surface area contributed by atoms with Crippen LogP contribution in [0.1, 0.15) is 25.8 Å². The summed E-state index contributed by atoms with van der Waals surface area (Å²) >= 11 is 12.1. The molecule has 0 radical (unpaired) electrons. The fraction of sp³-hybridized carbons (Fsp3) is 0.545. The number of aryl methyl sites for hydroxylation is 1. The number of alkyl halides is 1. The van der Waals surface area contributed by atoms with Gasteiger partial charge in [-0.15, -0.1) is 11.6 Å². The van der Waals surface area contributed by atoms with Crippen LogP contribution in [0.3, 0.4) is 0 Å². The van der Waals surface area contributed by atoms with E-state index >= 15 is 0 Å². The van der Waals surface area contributed by atoms with E-state index in [0.29, 0.717) is 5.92 Å². The first-order valence-electron chi connectivity index (χ1n) is 4.83. The minimum atomic E-state index is 0.222. The Hall–Kier alpha value is -0.270. The van der Waals surface area contributed by atoms with Crippen molar-refractivity contribution in [2.75, 3.05) is 0 Å². The Morgan fingerprint density at radius 2 is 2.14 bits per heavy atom. The molecule has 1 aromatic rings. The van der Waals surface area contributed by atoms with Crippen molar-refractivity contribution >= 4 is 23.2 Å². The maximum absolute atomic E-state index is 6.16. The fourth-order valence-corrected chi connectivity index (χ4v) is 1.56. The number of hydrogen-bond donors (Lipinski definition) is 0. The molecule has 0 saturated carbocycles. The van der Waals surface area contributed by atoms with Crippen LogP contribution in [-0.4, -0.2) is 10.4 Å². The summed E-state index contributed by atoms with van der Waals surface area (Å²) in [6.07, 6.45) is 5.33. The first-order chi connectivity index (χ1) is 6.61. The predicted molar refractivity (Wildman–Crippen MR) is 62.0 cm³/mol. The molecule has 1 aromatic heterocycles. The number of hydrogen-bond acceptors (Lipinski definition) is 1. The molecule has 1 atom stereocenters. The second-order valence-corrected chi connectivity index (χ2v) is 4.73. The molecule has 0 aliphatic carbocycles. The first kappa shape index (κ1) is 11.8. The largest absolute Gasteiger partial charge is 0.263 e. The summed E-state index contributed by atoms with van der Waals surface area (Å²) in [6.45, 7) is 4.26. The molecule has 1 rings (SSSR count). The lowest BCUT2D eigenvalue weighted by atomic mass is 10.0. The van der Waals surface area contributed by atoms with Crippen molar-refractivity contribution in [1.29, 1.82) is 0 Å². The molecule has 0 N–H and O–H groups in total. The average Bonchev–Trinajstić information content (AvgIpc) is 2.16. The van der Waals surface area contributed by atoms with Gasteiger partial charge in [0.1, 0.15) is 0 Å². The molecule has 1 unspecified atom stereocenters. The second kappa shape index (κ2) is 5.57. The Morgan fingerprint density at radius 1 is 1.43 bits per heavy atom. The van der Waals surface area contributed by atoms with Crippen molar-refractivity contribution in [1.82, 2.24) is 4.98 Å². The molecular weight excluding hydrogens is 217 g/mol. The van der Waals surface area contributed by atoms with E-state index in [1.165, 1.54) is 0 Å². The first-order valence-corrected chi connectivity index (χ1v) is 5.65. The van der Waals surface area contributed by atoms with Crippen LogP contribution in [0, 0.1) is 5.92 Å². The Balaban J connectivity index is 2.50. The SMILES string of the molecule is CC(C)C(Cl)CCc1ccncc1Cl. The lowest BCUT2D eigenvalue weighted by molar-refractivity contribution is 0.565. The maximum atomic E-state index is 6.16. The van der Waals surface area contributed by atoms with Crippen LogP contribution in [0.15, 0.2) is 18.5 Å². The summed E-state index contributed by atoms with van der Waals surface area (Å²) < 4.78 is 0. The smallest absolute Gasteiger partial charge is 0.0621 e. The van der Waals surface area contributed by atoms with Gasteiger partial charge in [0.2, 0.25) is 0 Å². The van der Waals surface area contributed by atoms with Gasteiger partial charge in [-0.1, -0.05) is 25.4 Å². The molecule has 78 valence electrons. The topological polar surface area (TPSA) is 12.9 Å². The van der Waals surface area contributed by atoms with Crippen LogP contribution in [-0.2, 0) is 6.42 Å². The van der Waals surface area contributed by atoms with Gasteiger partial charge in [0.15, 0.2) is 0 Å². The average molecular weight is 232 g/mol. The van der Waals surface area contributed by atoms with Crippen LogP contribution < -0.4 is 0 Å². The summed E-state index contributed by atoms with van der Waals surface area (Å²) in [7, 11) is 0. The highest BCUT2D eigenvalue weighted by Gasteiger charge is 2.10. The van der Waals surface area contributed by atoms with Gasteiger partial charge < -0.3 is 0 Å². The van der Waals surface area contributed by atoms with Crippen LogP contribution >= 0.6 is 23.2 Å². The van der Waals surface area contributed by atoms with Gasteiger partial charge in [-0.05, 0) is 30.4 Å². The molecule has 0 bridgehead atoms. The molecule has 14 heavy (non-hydrogen) atoms. The van der Waals surface area contributed by atoms with Crippen molar-refractivity contribution in [3.8, 4) is 0 Å². The summed E-state index contributed by atoms with van der Waals surface area (Å²) in [4.78, 5) is 3.94. The Kier molecular flexibility index (Phi) is 4.70.